The van der Waals surface area contributed by atoms with Crippen LogP contribution in [0.4, 0.5) is 29.6 Å². The summed E-state index contributed by atoms with van der Waals surface area (Å²) in [7, 11) is 0. The third-order valence-corrected chi connectivity index (χ3v) is 7.85. The Kier molecular flexibility index (Phi) is 8.54. The number of hydrogen-bond donors (Lipinski definition) is 2. The average Bonchev–Trinajstić information content (AvgIpc) is 3.70. The molecule has 232 valence electrons. The van der Waals surface area contributed by atoms with Crippen LogP contribution in [-0.2, 0) is 17.5 Å². The number of fused-ring (bicyclic) bond motifs is 1. The number of amides is 1. The van der Waals surface area contributed by atoms with Gasteiger partial charge in [-0.15, -0.1) is 0 Å². The Balaban J connectivity index is 1.09. The van der Waals surface area contributed by atoms with E-state index in [4.69, 9.17) is 4.74 Å². The summed E-state index contributed by atoms with van der Waals surface area (Å²) in [6.07, 6.45) is 0.338. The normalized spacial score (nSPS) is 15.6. The summed E-state index contributed by atoms with van der Waals surface area (Å²) in [5.74, 6) is 0.837. The average molecular weight is 616 g/mol. The van der Waals surface area contributed by atoms with Crippen LogP contribution >= 0.6 is 0 Å². The first-order chi connectivity index (χ1) is 21.7. The number of benzene rings is 3. The maximum absolute atomic E-state index is 13.2. The lowest BCUT2D eigenvalue weighted by molar-refractivity contribution is -0.137. The summed E-state index contributed by atoms with van der Waals surface area (Å²) < 4.78 is 46.9. The molecule has 1 unspecified atom stereocenters. The highest BCUT2D eigenvalue weighted by atomic mass is 19.4. The van der Waals surface area contributed by atoms with E-state index in [0.717, 1.165) is 47.3 Å². The molecule has 3 aromatic carbocycles. The van der Waals surface area contributed by atoms with Crippen LogP contribution in [-0.4, -0.2) is 49.6 Å². The summed E-state index contributed by atoms with van der Waals surface area (Å²) in [6.45, 7) is 3.25. The molecule has 1 aliphatic heterocycles. The predicted molar refractivity (Wildman–Crippen MR) is 165 cm³/mol. The number of aromatic nitrogens is 4. The molecule has 0 aliphatic carbocycles. The van der Waals surface area contributed by atoms with Crippen molar-refractivity contribution in [2.45, 2.75) is 44.6 Å². The van der Waals surface area contributed by atoms with Crippen LogP contribution in [0.1, 0.15) is 42.5 Å². The quantitative estimate of drug-likeness (QED) is 0.181. The second kappa shape index (κ2) is 12.8. The number of halogens is 3. The smallest absolute Gasteiger partial charge is 0.416 e. The van der Waals surface area contributed by atoms with Crippen LogP contribution in [0.5, 0.6) is 0 Å². The Morgan fingerprint density at radius 2 is 1.89 bits per heavy atom. The van der Waals surface area contributed by atoms with E-state index in [0.29, 0.717) is 24.5 Å². The predicted octanol–water partition coefficient (Wildman–Crippen LogP) is 7.22. The molecule has 12 heteroatoms. The maximum atomic E-state index is 13.2. The monoisotopic (exact) mass is 615 g/mol. The van der Waals surface area contributed by atoms with Crippen LogP contribution in [0.15, 0.2) is 91.4 Å². The van der Waals surface area contributed by atoms with Gasteiger partial charge in [0.1, 0.15) is 18.8 Å². The van der Waals surface area contributed by atoms with E-state index in [2.05, 4.69) is 25.6 Å². The molecule has 1 fully saturated rings. The highest BCUT2D eigenvalue weighted by Gasteiger charge is 2.31. The lowest BCUT2D eigenvalue weighted by Crippen LogP contribution is -2.39. The van der Waals surface area contributed by atoms with E-state index in [1.54, 1.807) is 36.5 Å². The first kappa shape index (κ1) is 29.9. The van der Waals surface area contributed by atoms with Crippen molar-refractivity contribution < 1.29 is 22.7 Å². The first-order valence-electron chi connectivity index (χ1n) is 14.7. The molecule has 2 N–H and O–H groups in total. The molecule has 6 rings (SSSR count). The number of hydrogen-bond acceptors (Lipinski definition) is 7. The first-order valence-corrected chi connectivity index (χ1v) is 14.7. The molecule has 1 amide bonds. The number of carbonyl (C=O) groups excluding carboxylic acids is 1. The number of carbonyl (C=O) groups is 1. The molecule has 5 aromatic rings. The lowest BCUT2D eigenvalue weighted by atomic mass is 10.1. The van der Waals surface area contributed by atoms with Gasteiger partial charge < -0.3 is 20.3 Å². The summed E-state index contributed by atoms with van der Waals surface area (Å²) in [6, 6.07) is 21.9. The van der Waals surface area contributed by atoms with E-state index >= 15 is 0 Å². The Labute approximate surface area is 258 Å². The molecular weight excluding hydrogens is 583 g/mol. The Bertz CT molecular complexity index is 1780. The SMILES string of the molecule is C[C@H](Nc1nccc(-n2cnc3cc(NCC4CCCN4C(=O)OCc4ccccc4)ccc32)n1)c1cccc(C(F)(F)F)c1. The Hall–Kier alpha value is -5.13. The molecule has 0 saturated carbocycles. The van der Waals surface area contributed by atoms with Gasteiger partial charge in [-0.25, -0.2) is 14.8 Å². The molecule has 0 spiro atoms. The third kappa shape index (κ3) is 7.00. The van der Waals surface area contributed by atoms with E-state index < -0.39 is 17.8 Å². The molecule has 9 nitrogen and oxygen atoms in total. The number of nitrogens with zero attached hydrogens (tertiary/aromatic N) is 5. The minimum Gasteiger partial charge on any atom is -0.445 e. The van der Waals surface area contributed by atoms with Crippen molar-refractivity contribution in [2.75, 3.05) is 23.7 Å². The highest BCUT2D eigenvalue weighted by Crippen LogP contribution is 2.31. The molecular formula is C33H32F3N7O2. The number of ether oxygens (including phenoxy) is 1. The van der Waals surface area contributed by atoms with E-state index in [1.807, 2.05) is 53.1 Å². The van der Waals surface area contributed by atoms with Gasteiger partial charge >= 0.3 is 12.3 Å². The van der Waals surface area contributed by atoms with Gasteiger partial charge in [0.15, 0.2) is 0 Å². The van der Waals surface area contributed by atoms with Crippen LogP contribution in [0.3, 0.4) is 0 Å². The van der Waals surface area contributed by atoms with Gasteiger partial charge in [0, 0.05) is 25.0 Å². The van der Waals surface area contributed by atoms with Gasteiger partial charge in [0.05, 0.1) is 28.7 Å². The number of anilines is 2. The van der Waals surface area contributed by atoms with Gasteiger partial charge in [0.25, 0.3) is 0 Å². The number of imidazole rings is 1. The summed E-state index contributed by atoms with van der Waals surface area (Å²) in [5, 5.41) is 6.54. The van der Waals surface area contributed by atoms with Crippen molar-refractivity contribution in [3.63, 3.8) is 0 Å². The highest BCUT2D eigenvalue weighted by molar-refractivity contribution is 5.81. The van der Waals surface area contributed by atoms with Crippen molar-refractivity contribution >= 4 is 28.8 Å². The molecule has 2 aromatic heterocycles. The Morgan fingerprint density at radius 1 is 1.04 bits per heavy atom. The summed E-state index contributed by atoms with van der Waals surface area (Å²) in [4.78, 5) is 28.0. The van der Waals surface area contributed by atoms with Crippen LogP contribution < -0.4 is 10.6 Å². The van der Waals surface area contributed by atoms with Gasteiger partial charge in [0.2, 0.25) is 5.95 Å². The van der Waals surface area contributed by atoms with Gasteiger partial charge in [-0.05, 0) is 67.3 Å². The van der Waals surface area contributed by atoms with Crippen molar-refractivity contribution in [1.82, 2.24) is 24.4 Å². The van der Waals surface area contributed by atoms with Crippen molar-refractivity contribution in [3.8, 4) is 5.82 Å². The van der Waals surface area contributed by atoms with Crippen molar-refractivity contribution in [2.24, 2.45) is 0 Å². The van der Waals surface area contributed by atoms with E-state index in [1.165, 1.54) is 6.07 Å². The zero-order valence-electron chi connectivity index (χ0n) is 24.5. The minimum atomic E-state index is -4.42. The number of likely N-dealkylation sites (tertiary alicyclic amines) is 1. The molecule has 0 radical (unpaired) electrons. The zero-order chi connectivity index (χ0) is 31.4. The van der Waals surface area contributed by atoms with Crippen LogP contribution in [0.2, 0.25) is 0 Å². The molecule has 0 bridgehead atoms. The van der Waals surface area contributed by atoms with Gasteiger partial charge in [-0.2, -0.15) is 18.2 Å². The number of nitrogens with one attached hydrogen (secondary N) is 2. The maximum Gasteiger partial charge on any atom is 0.416 e. The molecule has 3 heterocycles. The molecule has 1 aliphatic rings. The van der Waals surface area contributed by atoms with Crippen LogP contribution in [0, 0.1) is 0 Å². The molecule has 2 atom stereocenters. The summed E-state index contributed by atoms with van der Waals surface area (Å²) in [5.41, 5.74) is 3.16. The van der Waals surface area contributed by atoms with Gasteiger partial charge in [-0.3, -0.25) is 4.57 Å². The fraction of sp³-hybridized carbons (Fsp3) is 0.273. The topological polar surface area (TPSA) is 97.2 Å². The van der Waals surface area contributed by atoms with Crippen molar-refractivity contribution in [1.29, 1.82) is 0 Å². The number of alkyl halides is 3. The Morgan fingerprint density at radius 3 is 2.71 bits per heavy atom. The molecule has 1 saturated heterocycles. The fourth-order valence-electron chi connectivity index (χ4n) is 5.45. The molecule has 45 heavy (non-hydrogen) atoms. The third-order valence-electron chi connectivity index (χ3n) is 7.85. The number of rotatable bonds is 9. The second-order valence-electron chi connectivity index (χ2n) is 11.0. The van der Waals surface area contributed by atoms with Crippen molar-refractivity contribution in [3.05, 3.63) is 108 Å². The zero-order valence-corrected chi connectivity index (χ0v) is 24.5. The largest absolute Gasteiger partial charge is 0.445 e. The van der Waals surface area contributed by atoms with Gasteiger partial charge in [-0.1, -0.05) is 42.5 Å². The fourth-order valence-corrected chi connectivity index (χ4v) is 5.45. The standard InChI is InChI=1S/C33H32F3N7O2/c1-22(24-9-5-10-25(17-24)33(34,35)36)40-31-37-15-14-30(41-31)43-21-39-28-18-26(12-13-29(28)43)38-19-27-11-6-16-42(27)32(44)45-20-23-7-3-2-4-8-23/h2-5,7-10,12-15,17-18,21-22,27,38H,6,11,16,19-20H2,1H3,(H,37,40,41)/t22-,27?/m0/s1. The second-order valence-corrected chi connectivity index (χ2v) is 11.0. The van der Waals surface area contributed by atoms with E-state index in [9.17, 15) is 18.0 Å². The minimum absolute atomic E-state index is 0.0202. The lowest BCUT2D eigenvalue weighted by Gasteiger charge is -2.24. The summed E-state index contributed by atoms with van der Waals surface area (Å²) >= 11 is 0. The van der Waals surface area contributed by atoms with E-state index in [-0.39, 0.29) is 24.7 Å². The van der Waals surface area contributed by atoms with Crippen LogP contribution in [0.25, 0.3) is 16.9 Å².